The van der Waals surface area contributed by atoms with Gasteiger partial charge >= 0.3 is 0 Å². The fraction of sp³-hybridized carbons (Fsp3) is 1.00. The number of hydrogen-bond donors (Lipinski definition) is 2. The van der Waals surface area contributed by atoms with Gasteiger partial charge in [-0.05, 0) is 13.8 Å². The lowest BCUT2D eigenvalue weighted by molar-refractivity contribution is -0.118. The molecule has 1 aliphatic heterocycles. The lowest BCUT2D eigenvalue weighted by Gasteiger charge is -2.35. The Kier molecular flexibility index (Phi) is 4.77. The minimum absolute atomic E-state index is 0.582. The van der Waals surface area contributed by atoms with Crippen LogP contribution in [-0.4, -0.2) is 65.4 Å². The molecule has 1 aliphatic rings. The molecular weight excluding hydrogens is 184 g/mol. The summed E-state index contributed by atoms with van der Waals surface area (Å²) in [5, 5.41) is 18.8. The largest absolute Gasteiger partial charge is 0.379 e. The second kappa shape index (κ2) is 5.63. The molecule has 0 aromatic heterocycles. The molecule has 2 N–H and O–H groups in total. The topological polar surface area (TPSA) is 56.2 Å². The summed E-state index contributed by atoms with van der Waals surface area (Å²) in [6.45, 7) is 7.08. The van der Waals surface area contributed by atoms with Crippen molar-refractivity contribution in [3.63, 3.8) is 0 Å². The lowest BCUT2D eigenvalue weighted by atomic mass is 10.4. The first-order valence-electron chi connectivity index (χ1n) is 5.03. The number of ether oxygens (including phenoxy) is 1. The van der Waals surface area contributed by atoms with Crippen LogP contribution >= 0.6 is 0 Å². The molecule has 2 atom stereocenters. The van der Waals surface area contributed by atoms with E-state index in [0.717, 1.165) is 26.3 Å². The van der Waals surface area contributed by atoms with Gasteiger partial charge in [0, 0.05) is 13.1 Å². The summed E-state index contributed by atoms with van der Waals surface area (Å²) in [6.07, 6.45) is -1.25. The average Bonchev–Trinajstić information content (AvgIpc) is 2.15. The van der Waals surface area contributed by atoms with Crippen LogP contribution in [0.4, 0.5) is 0 Å². The molecule has 0 saturated carbocycles. The summed E-state index contributed by atoms with van der Waals surface area (Å²) in [7, 11) is 0. The van der Waals surface area contributed by atoms with E-state index in [1.165, 1.54) is 0 Å². The first-order valence-corrected chi connectivity index (χ1v) is 5.03. The normalized spacial score (nSPS) is 23.8. The summed E-state index contributed by atoms with van der Waals surface area (Å²) in [4.78, 5) is 3.79. The van der Waals surface area contributed by atoms with Crippen LogP contribution in [0, 0.1) is 0 Å². The first-order chi connectivity index (χ1) is 6.61. The molecule has 5 nitrogen and oxygen atoms in total. The van der Waals surface area contributed by atoms with Gasteiger partial charge in [-0.1, -0.05) is 0 Å². The van der Waals surface area contributed by atoms with Gasteiger partial charge in [-0.2, -0.15) is 0 Å². The highest BCUT2D eigenvalue weighted by atomic mass is 16.5. The molecule has 2 unspecified atom stereocenters. The highest BCUT2D eigenvalue weighted by Crippen LogP contribution is 2.05. The monoisotopic (exact) mass is 204 g/mol. The zero-order valence-electron chi connectivity index (χ0n) is 8.89. The maximum Gasteiger partial charge on any atom is 0.107 e. The lowest BCUT2D eigenvalue weighted by Crippen LogP contribution is -2.50. The molecule has 0 amide bonds. The van der Waals surface area contributed by atoms with Crippen LogP contribution in [0.2, 0.25) is 0 Å². The molecule has 0 aliphatic carbocycles. The number of aliphatic hydroxyl groups is 2. The van der Waals surface area contributed by atoms with Crippen molar-refractivity contribution < 1.29 is 14.9 Å². The van der Waals surface area contributed by atoms with Crippen molar-refractivity contribution in [1.29, 1.82) is 0 Å². The van der Waals surface area contributed by atoms with Crippen molar-refractivity contribution in [3.8, 4) is 0 Å². The zero-order valence-corrected chi connectivity index (χ0v) is 8.89. The van der Waals surface area contributed by atoms with Crippen molar-refractivity contribution in [2.75, 3.05) is 33.0 Å². The Morgan fingerprint density at radius 1 is 1.21 bits per heavy atom. The van der Waals surface area contributed by atoms with E-state index in [-0.39, 0.29) is 0 Å². The van der Waals surface area contributed by atoms with Crippen molar-refractivity contribution >= 4 is 0 Å². The Balaban J connectivity index is 2.37. The molecule has 1 saturated heterocycles. The third-order valence-electron chi connectivity index (χ3n) is 2.43. The van der Waals surface area contributed by atoms with Gasteiger partial charge < -0.3 is 14.9 Å². The molecule has 84 valence electrons. The van der Waals surface area contributed by atoms with Gasteiger partial charge in [-0.3, -0.25) is 4.90 Å². The molecule has 0 aromatic carbocycles. The van der Waals surface area contributed by atoms with Crippen molar-refractivity contribution in [2.24, 2.45) is 0 Å². The molecular formula is C9H20N2O3. The summed E-state index contributed by atoms with van der Waals surface area (Å²) in [5.41, 5.74) is 0. The van der Waals surface area contributed by atoms with Gasteiger partial charge in [0.25, 0.3) is 0 Å². The zero-order chi connectivity index (χ0) is 10.6. The Hall–Kier alpha value is -0.200. The Bertz CT molecular complexity index is 150. The van der Waals surface area contributed by atoms with Gasteiger partial charge in [-0.25, -0.2) is 4.90 Å². The minimum atomic E-state index is -0.627. The molecule has 14 heavy (non-hydrogen) atoms. The van der Waals surface area contributed by atoms with Crippen LogP contribution < -0.4 is 0 Å². The summed E-state index contributed by atoms with van der Waals surface area (Å²) in [5.74, 6) is 0. The van der Waals surface area contributed by atoms with Crippen LogP contribution in [0.5, 0.6) is 0 Å². The summed E-state index contributed by atoms with van der Waals surface area (Å²) in [6, 6.07) is 0. The number of rotatable bonds is 4. The first kappa shape index (κ1) is 11.9. The number of nitrogens with zero attached hydrogens (tertiary/aromatic N) is 2. The van der Waals surface area contributed by atoms with Crippen LogP contribution in [0.15, 0.2) is 0 Å². The van der Waals surface area contributed by atoms with E-state index in [0.29, 0.717) is 6.67 Å². The molecule has 1 heterocycles. The summed E-state index contributed by atoms with van der Waals surface area (Å²) >= 11 is 0. The maximum atomic E-state index is 9.42. The smallest absolute Gasteiger partial charge is 0.107 e. The van der Waals surface area contributed by atoms with E-state index in [2.05, 4.69) is 4.90 Å². The fourth-order valence-corrected chi connectivity index (χ4v) is 1.52. The van der Waals surface area contributed by atoms with Gasteiger partial charge in [0.05, 0.1) is 19.9 Å². The van der Waals surface area contributed by atoms with Crippen LogP contribution in [0.3, 0.4) is 0 Å². The number of aliphatic hydroxyl groups excluding tert-OH is 2. The molecule has 5 heteroatoms. The predicted molar refractivity (Wildman–Crippen MR) is 52.5 cm³/mol. The Labute approximate surface area is 84.9 Å². The van der Waals surface area contributed by atoms with Gasteiger partial charge in [0.15, 0.2) is 0 Å². The van der Waals surface area contributed by atoms with Crippen molar-refractivity contribution in [2.45, 2.75) is 26.3 Å². The molecule has 0 radical (unpaired) electrons. The SMILES string of the molecule is CC(O)N(CN1CCOCC1)C(C)O. The highest BCUT2D eigenvalue weighted by Gasteiger charge is 2.20. The second-order valence-electron chi connectivity index (χ2n) is 3.65. The molecule has 1 rings (SSSR count). The van der Waals surface area contributed by atoms with Crippen LogP contribution in [0.25, 0.3) is 0 Å². The molecule has 0 aromatic rings. The van der Waals surface area contributed by atoms with E-state index < -0.39 is 12.5 Å². The van der Waals surface area contributed by atoms with Gasteiger partial charge in [0.1, 0.15) is 12.5 Å². The van der Waals surface area contributed by atoms with E-state index >= 15 is 0 Å². The molecule has 0 bridgehead atoms. The molecule has 0 spiro atoms. The van der Waals surface area contributed by atoms with E-state index in [4.69, 9.17) is 4.74 Å². The van der Waals surface area contributed by atoms with E-state index in [1.807, 2.05) is 0 Å². The van der Waals surface area contributed by atoms with Crippen molar-refractivity contribution in [3.05, 3.63) is 0 Å². The number of morpholine rings is 1. The van der Waals surface area contributed by atoms with Gasteiger partial charge in [-0.15, -0.1) is 0 Å². The van der Waals surface area contributed by atoms with Crippen molar-refractivity contribution in [1.82, 2.24) is 9.80 Å². The fourth-order valence-electron chi connectivity index (χ4n) is 1.52. The summed E-state index contributed by atoms with van der Waals surface area (Å²) < 4.78 is 5.22. The van der Waals surface area contributed by atoms with E-state index in [1.54, 1.807) is 18.7 Å². The molecule has 1 fully saturated rings. The maximum absolute atomic E-state index is 9.42. The minimum Gasteiger partial charge on any atom is -0.379 e. The van der Waals surface area contributed by atoms with Crippen LogP contribution in [0.1, 0.15) is 13.8 Å². The second-order valence-corrected chi connectivity index (χ2v) is 3.65. The average molecular weight is 204 g/mol. The quantitative estimate of drug-likeness (QED) is 0.590. The van der Waals surface area contributed by atoms with E-state index in [9.17, 15) is 10.2 Å². The predicted octanol–water partition coefficient (Wildman–Crippen LogP) is -0.745. The van der Waals surface area contributed by atoms with Crippen LogP contribution in [-0.2, 0) is 4.74 Å². The Morgan fingerprint density at radius 3 is 2.14 bits per heavy atom. The van der Waals surface area contributed by atoms with Gasteiger partial charge in [0.2, 0.25) is 0 Å². The Morgan fingerprint density at radius 2 is 1.71 bits per heavy atom. The number of hydrogen-bond acceptors (Lipinski definition) is 5. The third-order valence-corrected chi connectivity index (χ3v) is 2.43. The third kappa shape index (κ3) is 3.51. The standard InChI is InChI=1S/C9H20N2O3/c1-8(12)11(9(2)13)7-10-3-5-14-6-4-10/h8-9,12-13H,3-7H2,1-2H3. The highest BCUT2D eigenvalue weighted by molar-refractivity contribution is 4.65.